The number of thioether (sulfide) groups is 1. The number of hydrogen-bond acceptors (Lipinski definition) is 7. The summed E-state index contributed by atoms with van der Waals surface area (Å²) in [4.78, 5) is 23.8. The third kappa shape index (κ3) is 4.94. The third-order valence-electron chi connectivity index (χ3n) is 4.29. The Kier molecular flexibility index (Phi) is 6.08. The van der Waals surface area contributed by atoms with Crippen molar-refractivity contribution in [1.29, 1.82) is 0 Å². The number of nitrogens with one attached hydrogen (secondary N) is 2. The van der Waals surface area contributed by atoms with Gasteiger partial charge in [0.1, 0.15) is 12.4 Å². The smallest absolute Gasteiger partial charge is 0.321 e. The van der Waals surface area contributed by atoms with Crippen LogP contribution in [0.1, 0.15) is 36.7 Å². The molecule has 1 aliphatic carbocycles. The van der Waals surface area contributed by atoms with Crippen molar-refractivity contribution in [2.45, 2.75) is 56.7 Å². The molecule has 0 radical (unpaired) electrons. The number of imide groups is 1. The van der Waals surface area contributed by atoms with Gasteiger partial charge in [-0.1, -0.05) is 30.0 Å². The van der Waals surface area contributed by atoms with Crippen molar-refractivity contribution in [2.75, 3.05) is 5.84 Å². The van der Waals surface area contributed by atoms with Crippen LogP contribution in [0, 0.1) is 13.8 Å². The number of benzene rings is 1. The fraction of sp³-hybridized carbons (Fsp3) is 0.444. The molecule has 1 aromatic heterocycles. The van der Waals surface area contributed by atoms with Gasteiger partial charge in [0.25, 0.3) is 0 Å². The number of carbonyl (C=O) groups excluding carboxylic acids is 2. The molecule has 0 saturated heterocycles. The lowest BCUT2D eigenvalue weighted by atomic mass is 10.1. The molecule has 4 N–H and O–H groups in total. The number of amides is 3. The number of aromatic nitrogens is 3. The second-order valence-corrected chi connectivity index (χ2v) is 8.08. The van der Waals surface area contributed by atoms with E-state index in [2.05, 4.69) is 20.8 Å². The lowest BCUT2D eigenvalue weighted by Crippen LogP contribution is -2.43. The topological polar surface area (TPSA) is 124 Å². The number of nitrogens with two attached hydrogens (primary N) is 1. The normalized spacial score (nSPS) is 14.4. The van der Waals surface area contributed by atoms with E-state index >= 15 is 0 Å². The minimum absolute atomic E-state index is 0.153. The van der Waals surface area contributed by atoms with Crippen molar-refractivity contribution in [3.8, 4) is 5.75 Å². The predicted octanol–water partition coefficient (Wildman–Crippen LogP) is 1.66. The molecule has 1 aliphatic rings. The van der Waals surface area contributed by atoms with Crippen LogP contribution in [0.3, 0.4) is 0 Å². The fourth-order valence-electron chi connectivity index (χ4n) is 2.52. The van der Waals surface area contributed by atoms with Crippen molar-refractivity contribution >= 4 is 23.7 Å². The zero-order chi connectivity index (χ0) is 20.3. The van der Waals surface area contributed by atoms with Gasteiger partial charge < -0.3 is 15.9 Å². The van der Waals surface area contributed by atoms with Crippen molar-refractivity contribution in [3.05, 3.63) is 35.2 Å². The summed E-state index contributed by atoms with van der Waals surface area (Å²) in [6.45, 7) is 5.76. The van der Waals surface area contributed by atoms with Gasteiger partial charge in [0, 0.05) is 6.04 Å². The Labute approximate surface area is 167 Å². The van der Waals surface area contributed by atoms with Crippen molar-refractivity contribution in [1.82, 2.24) is 25.5 Å². The fourth-order valence-corrected chi connectivity index (χ4v) is 3.31. The maximum atomic E-state index is 12.1. The van der Waals surface area contributed by atoms with Gasteiger partial charge in [0.15, 0.2) is 5.82 Å². The summed E-state index contributed by atoms with van der Waals surface area (Å²) >= 11 is 1.12. The van der Waals surface area contributed by atoms with Crippen LogP contribution in [-0.2, 0) is 11.4 Å². The molecule has 1 saturated carbocycles. The van der Waals surface area contributed by atoms with Gasteiger partial charge in [-0.2, -0.15) is 0 Å². The van der Waals surface area contributed by atoms with Crippen LogP contribution in [0.5, 0.6) is 5.75 Å². The van der Waals surface area contributed by atoms with Crippen LogP contribution in [0.25, 0.3) is 0 Å². The van der Waals surface area contributed by atoms with Gasteiger partial charge in [-0.3, -0.25) is 10.1 Å². The van der Waals surface area contributed by atoms with E-state index in [1.807, 2.05) is 32.0 Å². The van der Waals surface area contributed by atoms with Crippen LogP contribution in [0.2, 0.25) is 0 Å². The molecule has 3 rings (SSSR count). The molecule has 9 nitrogen and oxygen atoms in total. The SMILES string of the molecule is Cc1cccc(C)c1OCc1nnc(S[C@H](C)C(=O)NC(=O)NC2CC2)n1N. The summed E-state index contributed by atoms with van der Waals surface area (Å²) in [7, 11) is 0. The quantitative estimate of drug-likeness (QED) is 0.473. The lowest BCUT2D eigenvalue weighted by Gasteiger charge is -2.12. The van der Waals surface area contributed by atoms with E-state index in [4.69, 9.17) is 10.6 Å². The largest absolute Gasteiger partial charge is 0.485 e. The zero-order valence-electron chi connectivity index (χ0n) is 16.1. The molecule has 3 amide bonds. The number of aryl methyl sites for hydroxylation is 2. The zero-order valence-corrected chi connectivity index (χ0v) is 16.9. The Balaban J connectivity index is 1.56. The van der Waals surface area contributed by atoms with Gasteiger partial charge in [0.05, 0.1) is 5.25 Å². The third-order valence-corrected chi connectivity index (χ3v) is 5.35. The van der Waals surface area contributed by atoms with E-state index in [-0.39, 0.29) is 12.6 Å². The Morgan fingerprint density at radius 2 is 2.00 bits per heavy atom. The highest BCUT2D eigenvalue weighted by Gasteiger charge is 2.26. The van der Waals surface area contributed by atoms with Crippen LogP contribution < -0.4 is 21.2 Å². The van der Waals surface area contributed by atoms with E-state index in [0.29, 0.717) is 11.0 Å². The van der Waals surface area contributed by atoms with Gasteiger partial charge in [-0.15, -0.1) is 10.2 Å². The predicted molar refractivity (Wildman–Crippen MR) is 105 cm³/mol. The van der Waals surface area contributed by atoms with E-state index in [9.17, 15) is 9.59 Å². The minimum atomic E-state index is -0.566. The average molecular weight is 404 g/mol. The molecule has 2 aromatic rings. The molecule has 0 spiro atoms. The monoisotopic (exact) mass is 404 g/mol. The number of carbonyl (C=O) groups is 2. The molecule has 0 unspecified atom stereocenters. The standard InChI is InChI=1S/C18H24N6O3S/c1-10-5-4-6-11(2)15(10)27-9-14-22-23-18(24(14)19)28-12(3)16(25)21-17(26)20-13-7-8-13/h4-6,12-13H,7-9,19H2,1-3H3,(H2,20,21,25,26)/t12-/m1/s1. The van der Waals surface area contributed by atoms with Gasteiger partial charge >= 0.3 is 6.03 Å². The van der Waals surface area contributed by atoms with Crippen LogP contribution in [0.4, 0.5) is 4.79 Å². The molecule has 1 atom stereocenters. The summed E-state index contributed by atoms with van der Waals surface area (Å²) in [5.41, 5.74) is 2.04. The number of para-hydroxylation sites is 1. The van der Waals surface area contributed by atoms with Crippen LogP contribution in [-0.4, -0.2) is 38.1 Å². The Morgan fingerprint density at radius 3 is 2.64 bits per heavy atom. The number of rotatable bonds is 7. The number of hydrogen-bond donors (Lipinski definition) is 3. The van der Waals surface area contributed by atoms with Crippen molar-refractivity contribution in [3.63, 3.8) is 0 Å². The first-order chi connectivity index (χ1) is 13.3. The number of nitrogen functional groups attached to an aromatic ring is 1. The molecule has 10 heteroatoms. The summed E-state index contributed by atoms with van der Waals surface area (Å²) in [5.74, 6) is 6.85. The first-order valence-corrected chi connectivity index (χ1v) is 9.89. The molecule has 0 bridgehead atoms. The van der Waals surface area contributed by atoms with E-state index in [1.165, 1.54) is 4.68 Å². The molecule has 1 heterocycles. The summed E-state index contributed by atoms with van der Waals surface area (Å²) in [6, 6.07) is 5.61. The first kappa shape index (κ1) is 20.0. The lowest BCUT2D eigenvalue weighted by molar-refractivity contribution is -0.119. The molecule has 150 valence electrons. The highest BCUT2D eigenvalue weighted by molar-refractivity contribution is 8.00. The van der Waals surface area contributed by atoms with Crippen LogP contribution >= 0.6 is 11.8 Å². The van der Waals surface area contributed by atoms with Gasteiger partial charge in [-0.25, -0.2) is 9.47 Å². The van der Waals surface area contributed by atoms with Gasteiger partial charge in [-0.05, 0) is 44.7 Å². The molecule has 28 heavy (non-hydrogen) atoms. The van der Waals surface area contributed by atoms with Crippen LogP contribution in [0.15, 0.2) is 23.4 Å². The second kappa shape index (κ2) is 8.51. The number of ether oxygens (including phenoxy) is 1. The van der Waals surface area contributed by atoms with E-state index in [1.54, 1.807) is 6.92 Å². The Hall–Kier alpha value is -2.75. The van der Waals surface area contributed by atoms with Gasteiger partial charge in [0.2, 0.25) is 11.1 Å². The molecular weight excluding hydrogens is 380 g/mol. The van der Waals surface area contributed by atoms with Crippen molar-refractivity contribution < 1.29 is 14.3 Å². The second-order valence-electron chi connectivity index (χ2n) is 6.78. The highest BCUT2D eigenvalue weighted by atomic mass is 32.2. The minimum Gasteiger partial charge on any atom is -0.485 e. The van der Waals surface area contributed by atoms with E-state index < -0.39 is 17.2 Å². The maximum Gasteiger partial charge on any atom is 0.321 e. The van der Waals surface area contributed by atoms with Crippen molar-refractivity contribution in [2.24, 2.45) is 0 Å². The maximum absolute atomic E-state index is 12.1. The molecule has 0 aliphatic heterocycles. The molecular formula is C18H24N6O3S. The van der Waals surface area contributed by atoms with E-state index in [0.717, 1.165) is 41.5 Å². The summed E-state index contributed by atoms with van der Waals surface area (Å²) in [5, 5.41) is 12.9. The average Bonchev–Trinajstić information content (AvgIpc) is 3.38. The number of nitrogens with zero attached hydrogens (tertiary/aromatic N) is 3. The number of urea groups is 1. The summed E-state index contributed by atoms with van der Waals surface area (Å²) < 4.78 is 7.15. The molecule has 1 fully saturated rings. The first-order valence-electron chi connectivity index (χ1n) is 9.01. The Morgan fingerprint density at radius 1 is 1.32 bits per heavy atom. The Bertz CT molecular complexity index is 860. The highest BCUT2D eigenvalue weighted by Crippen LogP contribution is 2.24. The molecule has 1 aromatic carbocycles. The summed E-state index contributed by atoms with van der Waals surface area (Å²) in [6.07, 6.45) is 1.91.